The van der Waals surface area contributed by atoms with E-state index in [1.807, 2.05) is 49.4 Å². The number of imidazole rings is 1. The summed E-state index contributed by atoms with van der Waals surface area (Å²) in [6.45, 7) is 2.59. The summed E-state index contributed by atoms with van der Waals surface area (Å²) in [6, 6.07) is 14.0. The minimum Gasteiger partial charge on any atom is -0.492 e. The smallest absolute Gasteiger partial charge is 0.143 e. The summed E-state index contributed by atoms with van der Waals surface area (Å²) in [5, 5.41) is 0. The van der Waals surface area contributed by atoms with E-state index in [0.29, 0.717) is 12.5 Å². The molecule has 0 aliphatic carbocycles. The second kappa shape index (κ2) is 6.08. The van der Waals surface area contributed by atoms with Gasteiger partial charge < -0.3 is 4.74 Å². The fourth-order valence-electron chi connectivity index (χ4n) is 2.38. The summed E-state index contributed by atoms with van der Waals surface area (Å²) < 4.78 is 8.79. The van der Waals surface area contributed by atoms with Crippen molar-refractivity contribution in [1.29, 1.82) is 0 Å². The number of ether oxygens (including phenoxy) is 1. The maximum Gasteiger partial charge on any atom is 0.143 e. The van der Waals surface area contributed by atoms with Crippen LogP contribution in [0.3, 0.4) is 0 Å². The molecule has 1 aromatic heterocycles. The summed E-state index contributed by atoms with van der Waals surface area (Å²) in [5.41, 5.74) is 2.88. The molecule has 0 saturated heterocycles. The highest BCUT2D eigenvalue weighted by molar-refractivity contribution is 9.10. The number of fused-ring (bicyclic) bond motifs is 1. The Bertz CT molecular complexity index is 785. The lowest BCUT2D eigenvalue weighted by Gasteiger charge is -2.13. The van der Waals surface area contributed by atoms with Crippen LogP contribution in [0.4, 0.5) is 0 Å². The zero-order chi connectivity index (χ0) is 14.8. The van der Waals surface area contributed by atoms with Crippen LogP contribution < -0.4 is 4.74 Å². The van der Waals surface area contributed by atoms with Crippen molar-refractivity contribution in [2.75, 3.05) is 6.61 Å². The Balaban J connectivity index is 2.29. The highest BCUT2D eigenvalue weighted by Crippen LogP contribution is 2.30. The number of aromatic nitrogens is 2. The van der Waals surface area contributed by atoms with E-state index < -0.39 is 0 Å². The van der Waals surface area contributed by atoms with E-state index in [4.69, 9.17) is 16.3 Å². The molecule has 0 bridgehead atoms. The van der Waals surface area contributed by atoms with Crippen molar-refractivity contribution in [3.05, 3.63) is 52.8 Å². The normalized spacial score (nSPS) is 11.0. The van der Waals surface area contributed by atoms with Crippen LogP contribution >= 0.6 is 27.5 Å². The molecule has 0 unspecified atom stereocenters. The van der Waals surface area contributed by atoms with Gasteiger partial charge in [-0.05, 0) is 37.3 Å². The fourth-order valence-corrected chi connectivity index (χ4v) is 2.91. The van der Waals surface area contributed by atoms with Gasteiger partial charge in [-0.1, -0.05) is 28.1 Å². The van der Waals surface area contributed by atoms with Crippen molar-refractivity contribution < 1.29 is 4.74 Å². The summed E-state index contributed by atoms with van der Waals surface area (Å²) in [5.74, 6) is 1.97. The van der Waals surface area contributed by atoms with Gasteiger partial charge in [-0.15, -0.1) is 11.6 Å². The minimum atomic E-state index is 0.340. The number of hydrogen-bond donors (Lipinski definition) is 0. The molecular formula is C16H14BrClN2O. The van der Waals surface area contributed by atoms with E-state index in [9.17, 15) is 0 Å². The molecule has 3 rings (SSSR count). The fraction of sp³-hybridized carbons (Fsp3) is 0.188. The summed E-state index contributed by atoms with van der Waals surface area (Å²) in [6.07, 6.45) is 0. The van der Waals surface area contributed by atoms with Crippen LogP contribution in [0.2, 0.25) is 0 Å². The van der Waals surface area contributed by atoms with Gasteiger partial charge in [-0.2, -0.15) is 0 Å². The molecule has 0 N–H and O–H groups in total. The van der Waals surface area contributed by atoms with E-state index in [0.717, 1.165) is 32.8 Å². The molecule has 0 amide bonds. The Labute approximate surface area is 136 Å². The first-order valence-corrected chi connectivity index (χ1v) is 8.02. The van der Waals surface area contributed by atoms with Crippen molar-refractivity contribution in [2.45, 2.75) is 12.8 Å². The third kappa shape index (κ3) is 2.65. The third-order valence-electron chi connectivity index (χ3n) is 3.21. The molecule has 2 aromatic carbocycles. The Morgan fingerprint density at radius 3 is 2.81 bits per heavy atom. The molecule has 0 atom stereocenters. The number of nitrogens with zero attached hydrogens (tertiary/aromatic N) is 2. The molecule has 3 nitrogen and oxygen atoms in total. The largest absolute Gasteiger partial charge is 0.492 e. The van der Waals surface area contributed by atoms with Crippen LogP contribution in [0.15, 0.2) is 46.9 Å². The van der Waals surface area contributed by atoms with Gasteiger partial charge in [-0.25, -0.2) is 4.98 Å². The van der Waals surface area contributed by atoms with Gasteiger partial charge in [0.05, 0.1) is 29.2 Å². The highest BCUT2D eigenvalue weighted by atomic mass is 79.9. The summed E-state index contributed by atoms with van der Waals surface area (Å²) in [7, 11) is 0. The molecule has 21 heavy (non-hydrogen) atoms. The number of benzene rings is 2. The third-order valence-corrected chi connectivity index (χ3v) is 3.94. The average Bonchev–Trinajstić information content (AvgIpc) is 2.85. The first-order chi connectivity index (χ1) is 10.2. The van der Waals surface area contributed by atoms with Crippen LogP contribution in [0.25, 0.3) is 16.7 Å². The molecule has 0 saturated carbocycles. The van der Waals surface area contributed by atoms with Crippen LogP contribution in [-0.4, -0.2) is 16.2 Å². The molecule has 5 heteroatoms. The predicted octanol–water partition coefficient (Wildman–Crippen LogP) is 4.93. The van der Waals surface area contributed by atoms with Crippen LogP contribution in [0.5, 0.6) is 5.75 Å². The zero-order valence-corrected chi connectivity index (χ0v) is 13.9. The van der Waals surface area contributed by atoms with E-state index in [-0.39, 0.29) is 0 Å². The van der Waals surface area contributed by atoms with E-state index in [2.05, 4.69) is 25.5 Å². The van der Waals surface area contributed by atoms with Gasteiger partial charge in [0.15, 0.2) is 0 Å². The Morgan fingerprint density at radius 1 is 1.24 bits per heavy atom. The lowest BCUT2D eigenvalue weighted by molar-refractivity contribution is 0.339. The number of rotatable bonds is 4. The van der Waals surface area contributed by atoms with Crippen LogP contribution in [-0.2, 0) is 5.88 Å². The molecule has 1 heterocycles. The average molecular weight is 366 g/mol. The van der Waals surface area contributed by atoms with Gasteiger partial charge in [0.2, 0.25) is 0 Å². The molecule has 3 aromatic rings. The molecule has 0 aliphatic heterocycles. The lowest BCUT2D eigenvalue weighted by Crippen LogP contribution is -2.03. The summed E-state index contributed by atoms with van der Waals surface area (Å²) >= 11 is 9.56. The SMILES string of the molecule is CCOc1ccccc1-n1c(CCl)nc2cc(Br)ccc21. The van der Waals surface area contributed by atoms with Crippen LogP contribution in [0, 0.1) is 0 Å². The summed E-state index contributed by atoms with van der Waals surface area (Å²) in [4.78, 5) is 4.62. The van der Waals surface area contributed by atoms with Crippen molar-refractivity contribution in [3.63, 3.8) is 0 Å². The maximum absolute atomic E-state index is 6.09. The number of alkyl halides is 1. The van der Waals surface area contributed by atoms with Gasteiger partial charge in [-0.3, -0.25) is 4.57 Å². The van der Waals surface area contributed by atoms with Crippen molar-refractivity contribution in [2.24, 2.45) is 0 Å². The Kier molecular flexibility index (Phi) is 4.17. The first kappa shape index (κ1) is 14.4. The van der Waals surface area contributed by atoms with Gasteiger partial charge in [0, 0.05) is 4.47 Å². The number of hydrogen-bond acceptors (Lipinski definition) is 2. The van der Waals surface area contributed by atoms with Gasteiger partial charge >= 0.3 is 0 Å². The predicted molar refractivity (Wildman–Crippen MR) is 89.5 cm³/mol. The molecule has 0 aliphatic rings. The van der Waals surface area contributed by atoms with E-state index in [1.54, 1.807) is 0 Å². The Morgan fingerprint density at radius 2 is 2.05 bits per heavy atom. The van der Waals surface area contributed by atoms with Crippen molar-refractivity contribution in [1.82, 2.24) is 9.55 Å². The Hall–Kier alpha value is -1.52. The standard InChI is InChI=1S/C16H14BrClN2O/c1-2-21-15-6-4-3-5-14(15)20-13-8-7-11(17)9-12(13)19-16(20)10-18/h3-9H,2,10H2,1H3. The van der Waals surface area contributed by atoms with Crippen LogP contribution in [0.1, 0.15) is 12.7 Å². The molecule has 0 fully saturated rings. The van der Waals surface area contributed by atoms with E-state index in [1.165, 1.54) is 0 Å². The monoisotopic (exact) mass is 364 g/mol. The first-order valence-electron chi connectivity index (χ1n) is 6.69. The van der Waals surface area contributed by atoms with Gasteiger partial charge in [0.1, 0.15) is 11.6 Å². The zero-order valence-electron chi connectivity index (χ0n) is 11.5. The lowest BCUT2D eigenvalue weighted by atomic mass is 10.2. The number of para-hydroxylation sites is 2. The number of halogens is 2. The van der Waals surface area contributed by atoms with Crippen molar-refractivity contribution in [3.8, 4) is 11.4 Å². The second-order valence-electron chi connectivity index (χ2n) is 4.53. The molecule has 0 spiro atoms. The second-order valence-corrected chi connectivity index (χ2v) is 5.71. The minimum absolute atomic E-state index is 0.340. The van der Waals surface area contributed by atoms with E-state index >= 15 is 0 Å². The molecule has 108 valence electrons. The van der Waals surface area contributed by atoms with Crippen molar-refractivity contribution >= 4 is 38.6 Å². The van der Waals surface area contributed by atoms with Gasteiger partial charge in [0.25, 0.3) is 0 Å². The topological polar surface area (TPSA) is 27.1 Å². The molecule has 0 radical (unpaired) electrons. The quantitative estimate of drug-likeness (QED) is 0.613. The molecular weight excluding hydrogens is 352 g/mol. The highest BCUT2D eigenvalue weighted by Gasteiger charge is 2.15. The maximum atomic E-state index is 6.09.